The Morgan fingerprint density at radius 1 is 1.31 bits per heavy atom. The fourth-order valence-electron chi connectivity index (χ4n) is 2.12. The van der Waals surface area contributed by atoms with E-state index < -0.39 is 0 Å². The largest absolute Gasteiger partial charge is 0.312 e. The Balaban J connectivity index is 1.54. The highest BCUT2D eigenvalue weighted by Crippen LogP contribution is 2.20. The molecule has 0 saturated heterocycles. The molecular weight excluding hydrogens is 370 g/mol. The Labute approximate surface area is 160 Å². The van der Waals surface area contributed by atoms with Gasteiger partial charge in [-0.25, -0.2) is 5.43 Å². The molecule has 1 aromatic heterocycles. The highest BCUT2D eigenvalue weighted by Gasteiger charge is 2.06. The average molecular weight is 386 g/mol. The number of carbonyl (C=O) groups excluding carboxylic acids is 1. The monoisotopic (exact) mass is 385 g/mol. The third-order valence-corrected chi connectivity index (χ3v) is 4.82. The summed E-state index contributed by atoms with van der Waals surface area (Å²) in [6.45, 7) is 0. The number of aryl methyl sites for hydroxylation is 1. The molecule has 0 aliphatic rings. The van der Waals surface area contributed by atoms with Crippen LogP contribution >= 0.6 is 23.4 Å². The molecule has 26 heavy (non-hydrogen) atoms. The van der Waals surface area contributed by atoms with Gasteiger partial charge in [0.05, 0.1) is 6.21 Å². The lowest BCUT2D eigenvalue weighted by atomic mass is 10.1. The zero-order chi connectivity index (χ0) is 18.4. The number of hydrogen-bond donors (Lipinski definition) is 1. The van der Waals surface area contributed by atoms with E-state index in [4.69, 9.17) is 11.6 Å². The molecule has 1 N–H and O–H groups in total. The van der Waals surface area contributed by atoms with Crippen LogP contribution in [0.2, 0.25) is 5.02 Å². The van der Waals surface area contributed by atoms with E-state index in [1.165, 1.54) is 0 Å². The van der Waals surface area contributed by atoms with Crippen LogP contribution in [0, 0.1) is 0 Å². The van der Waals surface area contributed by atoms with Gasteiger partial charge in [-0.3, -0.25) is 4.79 Å². The summed E-state index contributed by atoms with van der Waals surface area (Å²) >= 11 is 7.49. The molecule has 1 heterocycles. The van der Waals surface area contributed by atoms with Gasteiger partial charge < -0.3 is 4.57 Å². The predicted octanol–water partition coefficient (Wildman–Crippen LogP) is 3.52. The van der Waals surface area contributed by atoms with Gasteiger partial charge in [0.15, 0.2) is 5.16 Å². The molecule has 0 unspecified atom stereocenters. The number of hydrogen-bond acceptors (Lipinski definition) is 5. The van der Waals surface area contributed by atoms with Crippen molar-refractivity contribution in [2.24, 2.45) is 12.1 Å². The summed E-state index contributed by atoms with van der Waals surface area (Å²) in [7, 11) is 1.90. The van der Waals surface area contributed by atoms with Gasteiger partial charge in [0.2, 0.25) is 0 Å². The molecule has 2 aromatic carbocycles. The number of thioether (sulfide) groups is 1. The summed E-state index contributed by atoms with van der Waals surface area (Å²) in [5.41, 5.74) is 4.96. The summed E-state index contributed by atoms with van der Waals surface area (Å²) < 4.78 is 1.87. The molecule has 0 aliphatic heterocycles. The summed E-state index contributed by atoms with van der Waals surface area (Å²) in [4.78, 5) is 12.1. The highest BCUT2D eigenvalue weighted by molar-refractivity contribution is 7.98. The Morgan fingerprint density at radius 2 is 2.12 bits per heavy atom. The van der Waals surface area contributed by atoms with Gasteiger partial charge in [-0.2, -0.15) is 5.10 Å². The van der Waals surface area contributed by atoms with E-state index >= 15 is 0 Å². The molecule has 132 valence electrons. The molecule has 0 spiro atoms. The van der Waals surface area contributed by atoms with Gasteiger partial charge in [-0.15, -0.1) is 10.2 Å². The fraction of sp³-hybridized carbons (Fsp3) is 0.111. The Bertz CT molecular complexity index is 923. The third-order valence-electron chi connectivity index (χ3n) is 3.48. The summed E-state index contributed by atoms with van der Waals surface area (Å²) in [6.07, 6.45) is 3.22. The first kappa shape index (κ1) is 18.2. The van der Waals surface area contributed by atoms with Gasteiger partial charge in [0.1, 0.15) is 6.33 Å². The maximum Gasteiger partial charge on any atom is 0.271 e. The number of rotatable bonds is 6. The summed E-state index contributed by atoms with van der Waals surface area (Å²) in [6, 6.07) is 14.6. The maximum atomic E-state index is 12.1. The normalized spacial score (nSPS) is 11.0. The van der Waals surface area contributed by atoms with Crippen LogP contribution in [0.1, 0.15) is 21.5 Å². The molecule has 0 fully saturated rings. The van der Waals surface area contributed by atoms with E-state index in [1.807, 2.05) is 35.9 Å². The molecular formula is C18H16ClN5OS. The maximum absolute atomic E-state index is 12.1. The van der Waals surface area contributed by atoms with Crippen molar-refractivity contribution in [3.8, 4) is 0 Å². The van der Waals surface area contributed by atoms with Crippen LogP contribution < -0.4 is 5.43 Å². The van der Waals surface area contributed by atoms with E-state index in [2.05, 4.69) is 20.7 Å². The number of nitrogens with one attached hydrogen (secondary N) is 1. The van der Waals surface area contributed by atoms with Gasteiger partial charge >= 0.3 is 0 Å². The van der Waals surface area contributed by atoms with Crippen LogP contribution in [-0.2, 0) is 12.8 Å². The van der Waals surface area contributed by atoms with Crippen molar-refractivity contribution >= 4 is 35.5 Å². The van der Waals surface area contributed by atoms with Gasteiger partial charge in [0.25, 0.3) is 5.91 Å². The lowest BCUT2D eigenvalue weighted by Gasteiger charge is -2.03. The standard InChI is InChI=1S/C18H16ClN5OS/c1-24-12-21-23-18(24)26-11-13-5-7-15(8-6-13)17(25)22-20-10-14-3-2-4-16(19)9-14/h2-10,12H,11H2,1H3,(H,22,25). The minimum atomic E-state index is -0.268. The number of benzene rings is 2. The van der Waals surface area contributed by atoms with Crippen LogP contribution in [0.5, 0.6) is 0 Å². The molecule has 3 rings (SSSR count). The van der Waals surface area contributed by atoms with Crippen LogP contribution in [0.25, 0.3) is 0 Å². The number of aromatic nitrogens is 3. The molecule has 0 bridgehead atoms. The third kappa shape index (κ3) is 4.93. The molecule has 0 aliphatic carbocycles. The van der Waals surface area contributed by atoms with Crippen molar-refractivity contribution in [2.75, 3.05) is 0 Å². The summed E-state index contributed by atoms with van der Waals surface area (Å²) in [5, 5.41) is 13.3. The van der Waals surface area contributed by atoms with E-state index in [-0.39, 0.29) is 5.91 Å². The van der Waals surface area contributed by atoms with Crippen LogP contribution in [-0.4, -0.2) is 26.9 Å². The minimum Gasteiger partial charge on any atom is -0.312 e. The van der Waals surface area contributed by atoms with E-state index in [0.29, 0.717) is 10.6 Å². The number of nitrogens with zero attached hydrogens (tertiary/aromatic N) is 4. The van der Waals surface area contributed by atoms with Crippen molar-refractivity contribution in [1.29, 1.82) is 0 Å². The van der Waals surface area contributed by atoms with E-state index in [0.717, 1.165) is 22.0 Å². The first-order valence-corrected chi connectivity index (χ1v) is 9.13. The van der Waals surface area contributed by atoms with Crippen LogP contribution in [0.15, 0.2) is 65.1 Å². The molecule has 0 atom stereocenters. The number of amides is 1. The number of carbonyl (C=O) groups is 1. The second-order valence-electron chi connectivity index (χ2n) is 5.46. The Morgan fingerprint density at radius 3 is 2.81 bits per heavy atom. The Hall–Kier alpha value is -2.64. The topological polar surface area (TPSA) is 72.2 Å². The lowest BCUT2D eigenvalue weighted by Crippen LogP contribution is -2.17. The summed E-state index contributed by atoms with van der Waals surface area (Å²) in [5.74, 6) is 0.484. The van der Waals surface area contributed by atoms with Crippen molar-refractivity contribution < 1.29 is 4.79 Å². The molecule has 0 radical (unpaired) electrons. The van der Waals surface area contributed by atoms with Crippen molar-refractivity contribution in [2.45, 2.75) is 10.9 Å². The van der Waals surface area contributed by atoms with Gasteiger partial charge in [0, 0.05) is 23.4 Å². The quantitative estimate of drug-likeness (QED) is 0.400. The fourth-order valence-corrected chi connectivity index (χ4v) is 3.16. The number of hydrazone groups is 1. The second kappa shape index (κ2) is 8.64. The number of halogens is 1. The molecule has 3 aromatic rings. The second-order valence-corrected chi connectivity index (χ2v) is 6.84. The smallest absolute Gasteiger partial charge is 0.271 e. The molecule has 1 amide bonds. The van der Waals surface area contributed by atoms with Crippen molar-refractivity contribution in [1.82, 2.24) is 20.2 Å². The molecule has 8 heteroatoms. The van der Waals surface area contributed by atoms with Gasteiger partial charge in [-0.05, 0) is 35.4 Å². The lowest BCUT2D eigenvalue weighted by molar-refractivity contribution is 0.0955. The zero-order valence-electron chi connectivity index (χ0n) is 14.0. The van der Waals surface area contributed by atoms with E-state index in [9.17, 15) is 4.79 Å². The van der Waals surface area contributed by atoms with Crippen LogP contribution in [0.3, 0.4) is 0 Å². The predicted molar refractivity (Wildman–Crippen MR) is 104 cm³/mol. The molecule has 0 saturated carbocycles. The first-order chi connectivity index (χ1) is 12.6. The highest BCUT2D eigenvalue weighted by atomic mass is 35.5. The van der Waals surface area contributed by atoms with Crippen molar-refractivity contribution in [3.05, 3.63) is 76.6 Å². The minimum absolute atomic E-state index is 0.268. The SMILES string of the molecule is Cn1cnnc1SCc1ccc(C(=O)NN=Cc2cccc(Cl)c2)cc1. The average Bonchev–Trinajstić information content (AvgIpc) is 3.05. The van der Waals surface area contributed by atoms with Gasteiger partial charge in [-0.1, -0.05) is 47.6 Å². The molecule has 6 nitrogen and oxygen atoms in total. The van der Waals surface area contributed by atoms with Crippen molar-refractivity contribution in [3.63, 3.8) is 0 Å². The Kier molecular flexibility index (Phi) is 6.04. The van der Waals surface area contributed by atoms with Crippen LogP contribution in [0.4, 0.5) is 0 Å². The van der Waals surface area contributed by atoms with E-state index in [1.54, 1.807) is 48.6 Å². The first-order valence-electron chi connectivity index (χ1n) is 7.76. The zero-order valence-corrected chi connectivity index (χ0v) is 15.5.